The summed E-state index contributed by atoms with van der Waals surface area (Å²) in [7, 11) is 3.41. The van der Waals surface area contributed by atoms with Gasteiger partial charge in [-0.1, -0.05) is 0 Å². The number of amides is 2. The fourth-order valence-electron chi connectivity index (χ4n) is 4.60. The number of thiophene rings is 2. The number of rotatable bonds is 4. The summed E-state index contributed by atoms with van der Waals surface area (Å²) >= 11 is 3.00. The molecule has 2 aromatic heterocycles. The summed E-state index contributed by atoms with van der Waals surface area (Å²) in [6.45, 7) is 0. The third kappa shape index (κ3) is 3.37. The molecule has 0 bridgehead atoms. The number of carbonyl (C=O) groups is 2. The van der Waals surface area contributed by atoms with E-state index in [2.05, 4.69) is 0 Å². The average molecular weight is 513 g/mol. The number of hydrogen-bond donors (Lipinski definition) is 2. The van der Waals surface area contributed by atoms with Crippen LogP contribution in [0.1, 0.15) is 9.75 Å². The number of phenolic OH excluding ortho intramolecular Hbond substituents is 2. The van der Waals surface area contributed by atoms with Crippen LogP contribution in [0.3, 0.4) is 0 Å². The van der Waals surface area contributed by atoms with E-state index in [9.17, 15) is 19.8 Å². The number of nitrogens with zero attached hydrogens (tertiary/aromatic N) is 2. The van der Waals surface area contributed by atoms with Crippen LogP contribution in [0, 0.1) is 0 Å². The highest BCUT2D eigenvalue weighted by atomic mass is 32.1. The van der Waals surface area contributed by atoms with Gasteiger partial charge in [-0.3, -0.25) is 9.59 Å². The van der Waals surface area contributed by atoms with Crippen molar-refractivity contribution in [2.45, 2.75) is 0 Å². The van der Waals surface area contributed by atoms with E-state index in [0.717, 1.165) is 30.6 Å². The molecule has 4 aromatic rings. The Morgan fingerprint density at radius 3 is 1.22 bits per heavy atom. The first-order chi connectivity index (χ1) is 17.3. The molecule has 2 amide bonds. The van der Waals surface area contributed by atoms with Gasteiger partial charge in [0.25, 0.3) is 11.8 Å². The normalized spacial score (nSPS) is 15.5. The number of aromatic hydroxyl groups is 2. The first-order valence-electron chi connectivity index (χ1n) is 11.2. The highest BCUT2D eigenvalue weighted by Crippen LogP contribution is 2.48. The lowest BCUT2D eigenvalue weighted by atomic mass is 10.1. The summed E-state index contributed by atoms with van der Waals surface area (Å²) in [6.07, 6.45) is 0. The summed E-state index contributed by atoms with van der Waals surface area (Å²) in [5, 5.41) is 19.2. The predicted molar refractivity (Wildman–Crippen MR) is 142 cm³/mol. The largest absolute Gasteiger partial charge is 0.508 e. The number of fused-ring (bicyclic) bond motifs is 1. The zero-order chi connectivity index (χ0) is 25.1. The molecular formula is C28H20N2O4S2. The SMILES string of the molecule is CN1C(=O)C2=C(c3ccc(-c4ccc(O)cc4)s3)N(C)C(=O)C2=C1c1ccc(-c2ccc(O)cc2)s1. The van der Waals surface area contributed by atoms with Gasteiger partial charge >= 0.3 is 0 Å². The predicted octanol–water partition coefficient (Wildman–Crippen LogP) is 5.62. The van der Waals surface area contributed by atoms with Crippen LogP contribution in [0.4, 0.5) is 0 Å². The van der Waals surface area contributed by atoms with E-state index < -0.39 is 0 Å². The molecule has 0 atom stereocenters. The number of likely N-dealkylation sites (N-methyl/N-ethyl adjacent to an activating group) is 2. The second kappa shape index (κ2) is 8.22. The van der Waals surface area contributed by atoms with Gasteiger partial charge in [0, 0.05) is 23.8 Å². The maximum Gasteiger partial charge on any atom is 0.261 e. The standard InChI is InChI=1S/C28H20N2O4S2/c1-29-25(21-13-11-19(35-21)15-3-7-17(31)8-4-15)23-24(27(29)33)26(30(2)28(23)34)22-14-12-20(36-22)16-5-9-18(32)10-6-16/h3-14,31-32H,1-2H3. The van der Waals surface area contributed by atoms with Crippen molar-refractivity contribution in [3.63, 3.8) is 0 Å². The van der Waals surface area contributed by atoms with Crippen molar-refractivity contribution >= 4 is 45.9 Å². The van der Waals surface area contributed by atoms with E-state index in [-0.39, 0.29) is 23.3 Å². The molecule has 2 aliphatic heterocycles. The van der Waals surface area contributed by atoms with Gasteiger partial charge in [0.1, 0.15) is 11.5 Å². The summed E-state index contributed by atoms with van der Waals surface area (Å²) in [4.78, 5) is 33.7. The molecule has 178 valence electrons. The van der Waals surface area contributed by atoms with E-state index in [4.69, 9.17) is 0 Å². The van der Waals surface area contributed by atoms with Gasteiger partial charge < -0.3 is 20.0 Å². The molecule has 0 unspecified atom stereocenters. The van der Waals surface area contributed by atoms with Crippen molar-refractivity contribution in [1.82, 2.24) is 9.80 Å². The Morgan fingerprint density at radius 1 is 0.528 bits per heavy atom. The Hall–Kier alpha value is -4.14. The van der Waals surface area contributed by atoms with E-state index in [1.54, 1.807) is 48.2 Å². The van der Waals surface area contributed by atoms with Gasteiger partial charge in [-0.25, -0.2) is 0 Å². The fraction of sp³-hybridized carbons (Fsp3) is 0.0714. The van der Waals surface area contributed by atoms with Crippen LogP contribution in [0.2, 0.25) is 0 Å². The van der Waals surface area contributed by atoms with Crippen molar-refractivity contribution in [3.8, 4) is 32.4 Å². The first kappa shape index (κ1) is 22.3. The monoisotopic (exact) mass is 512 g/mol. The Balaban J connectivity index is 1.45. The minimum Gasteiger partial charge on any atom is -0.508 e. The Bertz CT molecular complexity index is 1490. The second-order valence-corrected chi connectivity index (χ2v) is 10.8. The number of hydrogen-bond acceptors (Lipinski definition) is 6. The van der Waals surface area contributed by atoms with E-state index in [1.165, 1.54) is 22.7 Å². The van der Waals surface area contributed by atoms with Crippen LogP contribution in [0.15, 0.2) is 83.9 Å². The van der Waals surface area contributed by atoms with Crippen molar-refractivity contribution in [3.05, 3.63) is 93.7 Å². The van der Waals surface area contributed by atoms with Crippen LogP contribution in [0.5, 0.6) is 11.5 Å². The third-order valence-electron chi connectivity index (χ3n) is 6.41. The molecule has 2 aliphatic rings. The van der Waals surface area contributed by atoms with Gasteiger partial charge in [-0.15, -0.1) is 22.7 Å². The van der Waals surface area contributed by atoms with Crippen molar-refractivity contribution in [2.75, 3.05) is 14.1 Å². The topological polar surface area (TPSA) is 81.1 Å². The molecule has 2 aromatic carbocycles. The molecule has 4 heterocycles. The quantitative estimate of drug-likeness (QED) is 0.372. The lowest BCUT2D eigenvalue weighted by Crippen LogP contribution is -2.24. The number of carbonyl (C=O) groups excluding carboxylic acids is 2. The maximum absolute atomic E-state index is 13.5. The maximum atomic E-state index is 13.5. The fourth-order valence-corrected chi connectivity index (χ4v) is 6.79. The molecule has 2 N–H and O–H groups in total. The van der Waals surface area contributed by atoms with Crippen LogP contribution < -0.4 is 0 Å². The van der Waals surface area contributed by atoms with E-state index >= 15 is 0 Å². The Kier molecular flexibility index (Phi) is 5.10. The highest BCUT2D eigenvalue weighted by molar-refractivity contribution is 7.17. The second-order valence-electron chi connectivity index (χ2n) is 8.60. The van der Waals surface area contributed by atoms with Gasteiger partial charge in [0.05, 0.1) is 32.3 Å². The van der Waals surface area contributed by atoms with Crippen molar-refractivity contribution < 1.29 is 19.8 Å². The zero-order valence-electron chi connectivity index (χ0n) is 19.4. The van der Waals surface area contributed by atoms with Crippen LogP contribution >= 0.6 is 22.7 Å². The molecule has 0 saturated carbocycles. The smallest absolute Gasteiger partial charge is 0.261 e. The van der Waals surface area contributed by atoms with Crippen LogP contribution in [-0.4, -0.2) is 45.9 Å². The third-order valence-corrected chi connectivity index (χ3v) is 8.70. The minimum absolute atomic E-state index is 0.200. The van der Waals surface area contributed by atoms with Crippen LogP contribution in [-0.2, 0) is 9.59 Å². The molecule has 0 saturated heterocycles. The molecule has 0 aliphatic carbocycles. The van der Waals surface area contributed by atoms with Crippen molar-refractivity contribution in [2.24, 2.45) is 0 Å². The Labute approximate surface area is 215 Å². The van der Waals surface area contributed by atoms with E-state index in [1.807, 2.05) is 48.5 Å². The van der Waals surface area contributed by atoms with Gasteiger partial charge in [0.15, 0.2) is 0 Å². The van der Waals surface area contributed by atoms with E-state index in [0.29, 0.717) is 22.5 Å². The summed E-state index contributed by atoms with van der Waals surface area (Å²) in [6, 6.07) is 21.7. The lowest BCUT2D eigenvalue weighted by Gasteiger charge is -2.18. The number of benzene rings is 2. The van der Waals surface area contributed by atoms with Gasteiger partial charge in [0.2, 0.25) is 0 Å². The lowest BCUT2D eigenvalue weighted by molar-refractivity contribution is -0.123. The molecule has 0 spiro atoms. The zero-order valence-corrected chi connectivity index (χ0v) is 21.0. The molecule has 6 nitrogen and oxygen atoms in total. The average Bonchev–Trinajstić information content (AvgIpc) is 3.64. The number of phenols is 2. The summed E-state index contributed by atoms with van der Waals surface area (Å²) < 4.78 is 0. The highest BCUT2D eigenvalue weighted by Gasteiger charge is 2.47. The van der Waals surface area contributed by atoms with Crippen LogP contribution in [0.25, 0.3) is 32.3 Å². The van der Waals surface area contributed by atoms with Gasteiger partial charge in [-0.05, 0) is 83.9 Å². The molecule has 36 heavy (non-hydrogen) atoms. The Morgan fingerprint density at radius 2 is 0.861 bits per heavy atom. The van der Waals surface area contributed by atoms with Gasteiger partial charge in [-0.2, -0.15) is 0 Å². The molecular weight excluding hydrogens is 492 g/mol. The molecule has 8 heteroatoms. The summed E-state index contributed by atoms with van der Waals surface area (Å²) in [5.74, 6) is -0.00464. The molecule has 6 rings (SSSR count). The molecule has 0 radical (unpaired) electrons. The molecule has 0 fully saturated rings. The first-order valence-corrected chi connectivity index (χ1v) is 12.8. The minimum atomic E-state index is -0.202. The van der Waals surface area contributed by atoms with Crippen molar-refractivity contribution in [1.29, 1.82) is 0 Å². The summed E-state index contributed by atoms with van der Waals surface area (Å²) in [5.41, 5.74) is 4.00.